The number of H-pyrrole nitrogens is 1. The number of amides is 1. The molecule has 3 aromatic heterocycles. The Kier molecular flexibility index (Phi) is 5.65. The molecule has 1 saturated heterocycles. The Balaban J connectivity index is 1.25. The molecule has 4 heterocycles. The van der Waals surface area contributed by atoms with E-state index >= 15 is 0 Å². The molecule has 0 unspecified atom stereocenters. The van der Waals surface area contributed by atoms with E-state index in [2.05, 4.69) is 30.9 Å². The first kappa shape index (κ1) is 20.7. The number of pyridine rings is 1. The van der Waals surface area contributed by atoms with Gasteiger partial charge in [-0.15, -0.1) is 0 Å². The number of fused-ring (bicyclic) bond motifs is 1. The Bertz CT molecular complexity index is 1180. The van der Waals surface area contributed by atoms with Crippen molar-refractivity contribution in [2.24, 2.45) is 5.92 Å². The molecule has 1 amide bonds. The Labute approximate surface area is 186 Å². The van der Waals surface area contributed by atoms with E-state index in [1.807, 2.05) is 18.3 Å². The van der Waals surface area contributed by atoms with Gasteiger partial charge in [-0.1, -0.05) is 0 Å². The van der Waals surface area contributed by atoms with Gasteiger partial charge in [-0.05, 0) is 57.2 Å². The Hall–Kier alpha value is -3.20. The zero-order valence-corrected chi connectivity index (χ0v) is 18.2. The molecule has 0 radical (unpaired) electrons. The number of carbonyl (C=O) groups is 1. The van der Waals surface area contributed by atoms with Crippen molar-refractivity contribution in [2.45, 2.75) is 57.8 Å². The van der Waals surface area contributed by atoms with E-state index in [1.54, 1.807) is 19.3 Å². The number of aryl methyl sites for hydroxylation is 1. The minimum atomic E-state index is -0.257. The fourth-order valence-electron chi connectivity index (χ4n) is 4.55. The number of aromatic nitrogens is 4. The molecular formula is C23H29N7O2. The van der Waals surface area contributed by atoms with Crippen LogP contribution in [0.25, 0.3) is 10.9 Å². The molecule has 0 bridgehead atoms. The predicted octanol–water partition coefficient (Wildman–Crippen LogP) is 1.69. The largest absolute Gasteiger partial charge is 0.361 e. The summed E-state index contributed by atoms with van der Waals surface area (Å²) < 4.78 is 1.48. The molecule has 1 aliphatic carbocycles. The van der Waals surface area contributed by atoms with Crippen molar-refractivity contribution < 1.29 is 4.79 Å². The van der Waals surface area contributed by atoms with Gasteiger partial charge in [0, 0.05) is 35.6 Å². The number of hydrogen-bond acceptors (Lipinski definition) is 6. The molecule has 32 heavy (non-hydrogen) atoms. The molecule has 0 aromatic carbocycles. The maximum absolute atomic E-state index is 13.1. The van der Waals surface area contributed by atoms with Gasteiger partial charge in [0.2, 0.25) is 5.91 Å². The third kappa shape index (κ3) is 4.38. The molecule has 168 valence electrons. The lowest BCUT2D eigenvalue weighted by Gasteiger charge is -2.33. The lowest BCUT2D eigenvalue weighted by Crippen LogP contribution is -2.50. The predicted molar refractivity (Wildman–Crippen MR) is 122 cm³/mol. The summed E-state index contributed by atoms with van der Waals surface area (Å²) in [7, 11) is 0. The summed E-state index contributed by atoms with van der Waals surface area (Å²) in [4.78, 5) is 37.5. The molecular weight excluding hydrogens is 406 g/mol. The Morgan fingerprint density at radius 2 is 2.12 bits per heavy atom. The highest BCUT2D eigenvalue weighted by Gasteiger charge is 2.38. The van der Waals surface area contributed by atoms with E-state index < -0.39 is 0 Å². The maximum atomic E-state index is 13.1. The number of nitrogens with zero attached hydrogens (tertiary/aromatic N) is 3. The van der Waals surface area contributed by atoms with Gasteiger partial charge in [0.1, 0.15) is 6.54 Å². The van der Waals surface area contributed by atoms with Crippen molar-refractivity contribution in [3.63, 3.8) is 0 Å². The van der Waals surface area contributed by atoms with E-state index in [0.29, 0.717) is 30.0 Å². The van der Waals surface area contributed by atoms with Gasteiger partial charge < -0.3 is 20.9 Å². The van der Waals surface area contributed by atoms with Gasteiger partial charge in [-0.3, -0.25) is 19.1 Å². The number of nitrogens with one attached hydrogen (secondary N) is 4. The van der Waals surface area contributed by atoms with Gasteiger partial charge in [-0.2, -0.15) is 0 Å². The summed E-state index contributed by atoms with van der Waals surface area (Å²) in [5, 5.41) is 10.9. The second kappa shape index (κ2) is 8.74. The van der Waals surface area contributed by atoms with E-state index in [1.165, 1.54) is 17.4 Å². The van der Waals surface area contributed by atoms with Crippen LogP contribution in [0.1, 0.15) is 37.1 Å². The van der Waals surface area contributed by atoms with Crippen molar-refractivity contribution in [3.05, 3.63) is 52.5 Å². The molecule has 0 spiro atoms. The maximum Gasteiger partial charge on any atom is 0.293 e. The zero-order valence-electron chi connectivity index (χ0n) is 18.2. The smallest absolute Gasteiger partial charge is 0.293 e. The number of aromatic amines is 1. The van der Waals surface area contributed by atoms with Crippen LogP contribution in [0, 0.1) is 12.8 Å². The monoisotopic (exact) mass is 435 g/mol. The summed E-state index contributed by atoms with van der Waals surface area (Å²) in [6, 6.07) is 4.47. The van der Waals surface area contributed by atoms with Crippen molar-refractivity contribution in [1.82, 2.24) is 30.2 Å². The van der Waals surface area contributed by atoms with Crippen molar-refractivity contribution in [1.29, 1.82) is 0 Å². The van der Waals surface area contributed by atoms with Crippen LogP contribution in [-0.4, -0.2) is 44.1 Å². The fourth-order valence-corrected chi connectivity index (χ4v) is 4.55. The van der Waals surface area contributed by atoms with Crippen molar-refractivity contribution in [3.8, 4) is 0 Å². The molecule has 1 saturated carbocycles. The zero-order chi connectivity index (χ0) is 22.1. The first-order valence-corrected chi connectivity index (χ1v) is 11.3. The molecule has 9 heteroatoms. The van der Waals surface area contributed by atoms with Crippen LogP contribution in [0.3, 0.4) is 0 Å². The second-order valence-corrected chi connectivity index (χ2v) is 8.87. The quantitative estimate of drug-likeness (QED) is 0.449. The SMILES string of the molecule is Cc1cnc(N[C@H]2CCCN[C@@H]2C2CC2)c(=O)n1CC(=O)NCc1cc2cc[nH]c2cn1. The van der Waals surface area contributed by atoms with E-state index in [0.717, 1.165) is 36.0 Å². The number of anilines is 1. The van der Waals surface area contributed by atoms with Crippen molar-refractivity contribution >= 4 is 22.6 Å². The first-order valence-electron chi connectivity index (χ1n) is 11.3. The Morgan fingerprint density at radius 1 is 1.25 bits per heavy atom. The molecule has 4 N–H and O–H groups in total. The molecule has 2 fully saturated rings. The Morgan fingerprint density at radius 3 is 2.97 bits per heavy atom. The van der Waals surface area contributed by atoms with Crippen LogP contribution >= 0.6 is 0 Å². The lowest BCUT2D eigenvalue weighted by molar-refractivity contribution is -0.121. The molecule has 2 atom stereocenters. The van der Waals surface area contributed by atoms with Gasteiger partial charge in [0.25, 0.3) is 5.56 Å². The number of rotatable bonds is 7. The highest BCUT2D eigenvalue weighted by atomic mass is 16.2. The summed E-state index contributed by atoms with van der Waals surface area (Å²) >= 11 is 0. The fraction of sp³-hybridized carbons (Fsp3) is 0.478. The average molecular weight is 436 g/mol. The summed E-state index contributed by atoms with van der Waals surface area (Å²) in [5.41, 5.74) is 2.12. The average Bonchev–Trinajstić information content (AvgIpc) is 3.54. The number of hydrogen-bond donors (Lipinski definition) is 4. The van der Waals surface area contributed by atoms with Gasteiger partial charge in [0.05, 0.1) is 24.0 Å². The lowest BCUT2D eigenvalue weighted by atomic mass is 9.94. The number of piperidine rings is 1. The molecule has 2 aliphatic rings. The minimum absolute atomic E-state index is 0.0523. The van der Waals surface area contributed by atoms with E-state index in [-0.39, 0.29) is 24.1 Å². The van der Waals surface area contributed by atoms with Gasteiger partial charge >= 0.3 is 0 Å². The van der Waals surface area contributed by atoms with Crippen LogP contribution in [0.4, 0.5) is 5.82 Å². The van der Waals surface area contributed by atoms with Crippen LogP contribution in [0.5, 0.6) is 0 Å². The van der Waals surface area contributed by atoms with Crippen LogP contribution in [0.2, 0.25) is 0 Å². The second-order valence-electron chi connectivity index (χ2n) is 8.87. The molecule has 1 aliphatic heterocycles. The van der Waals surface area contributed by atoms with Gasteiger partial charge in [-0.25, -0.2) is 4.98 Å². The van der Waals surface area contributed by atoms with E-state index in [9.17, 15) is 9.59 Å². The first-order chi connectivity index (χ1) is 15.6. The molecule has 3 aromatic rings. The third-order valence-electron chi connectivity index (χ3n) is 6.47. The van der Waals surface area contributed by atoms with Gasteiger partial charge in [0.15, 0.2) is 5.82 Å². The summed E-state index contributed by atoms with van der Waals surface area (Å²) in [6.45, 7) is 3.07. The van der Waals surface area contributed by atoms with Crippen LogP contribution in [-0.2, 0) is 17.9 Å². The third-order valence-corrected chi connectivity index (χ3v) is 6.47. The summed E-state index contributed by atoms with van der Waals surface area (Å²) in [6.07, 6.45) is 9.84. The van der Waals surface area contributed by atoms with Crippen LogP contribution in [0.15, 0.2) is 35.5 Å². The molecule has 5 rings (SSSR count). The van der Waals surface area contributed by atoms with Crippen molar-refractivity contribution in [2.75, 3.05) is 11.9 Å². The molecule has 9 nitrogen and oxygen atoms in total. The highest BCUT2D eigenvalue weighted by Crippen LogP contribution is 2.36. The standard InChI is InChI=1S/C23H29N7O2/c1-14-10-28-22(29-18-3-2-7-25-21(18)15-4-5-15)23(32)30(14)13-20(31)27-11-17-9-16-6-8-24-19(16)12-26-17/h6,8-10,12,15,18,21,24-25H,2-5,7,11,13H2,1H3,(H,27,31)(H,28,29)/t18-,21+/m0/s1. The normalized spacial score (nSPS) is 20.9. The van der Waals surface area contributed by atoms with Crippen LogP contribution < -0.4 is 21.5 Å². The summed E-state index contributed by atoms with van der Waals surface area (Å²) in [5.74, 6) is 0.770. The highest BCUT2D eigenvalue weighted by molar-refractivity contribution is 5.79. The topological polar surface area (TPSA) is 117 Å². The minimum Gasteiger partial charge on any atom is -0.361 e. The van der Waals surface area contributed by atoms with E-state index in [4.69, 9.17) is 0 Å². The number of carbonyl (C=O) groups excluding carboxylic acids is 1.